The second-order valence-corrected chi connectivity index (χ2v) is 13.0. The van der Waals surface area contributed by atoms with Gasteiger partial charge in [0.1, 0.15) is 23.9 Å². The lowest BCUT2D eigenvalue weighted by Gasteiger charge is -2.26. The maximum absolute atomic E-state index is 14.2. The summed E-state index contributed by atoms with van der Waals surface area (Å²) < 4.78 is 17.8. The number of unbranched alkanes of at least 4 members (excludes halogenated alkanes) is 2. The predicted molar refractivity (Wildman–Crippen MR) is 191 cm³/mol. The highest BCUT2D eigenvalue weighted by molar-refractivity contribution is 7.22. The highest BCUT2D eigenvalue weighted by atomic mass is 32.1. The van der Waals surface area contributed by atoms with Gasteiger partial charge < -0.3 is 24.8 Å². The molecule has 9 nitrogen and oxygen atoms in total. The monoisotopic (exact) mass is 671 g/mol. The number of hydrogen-bond acceptors (Lipinski definition) is 8. The number of nitrogens with zero attached hydrogens (tertiary/aromatic N) is 1. The zero-order chi connectivity index (χ0) is 33.7. The second-order valence-electron chi connectivity index (χ2n) is 11.9. The van der Waals surface area contributed by atoms with Gasteiger partial charge in [-0.25, -0.2) is 9.59 Å². The van der Waals surface area contributed by atoms with E-state index in [1.165, 1.54) is 30.6 Å². The number of thiophene rings is 1. The third kappa shape index (κ3) is 9.58. The molecule has 0 aliphatic carbocycles. The van der Waals surface area contributed by atoms with Crippen LogP contribution in [0.4, 0.5) is 9.59 Å². The van der Waals surface area contributed by atoms with E-state index in [1.807, 2.05) is 30.3 Å². The maximum atomic E-state index is 14.2. The molecule has 1 saturated heterocycles. The largest absolute Gasteiger partial charge is 0.492 e. The molecule has 1 aliphatic heterocycles. The van der Waals surface area contributed by atoms with Crippen LogP contribution in [0.1, 0.15) is 74.7 Å². The molecule has 0 spiro atoms. The number of ketones is 1. The first-order valence-electron chi connectivity index (χ1n) is 17.0. The van der Waals surface area contributed by atoms with Crippen LogP contribution in [0.15, 0.2) is 66.7 Å². The van der Waals surface area contributed by atoms with E-state index >= 15 is 0 Å². The lowest BCUT2D eigenvalue weighted by Crippen LogP contribution is -2.33. The lowest BCUT2D eigenvalue weighted by atomic mass is 9.97. The minimum Gasteiger partial charge on any atom is -0.492 e. The minimum absolute atomic E-state index is 0.127. The Morgan fingerprint density at radius 3 is 2.00 bits per heavy atom. The van der Waals surface area contributed by atoms with E-state index in [2.05, 4.69) is 29.4 Å². The van der Waals surface area contributed by atoms with E-state index in [-0.39, 0.29) is 5.78 Å². The molecule has 0 saturated carbocycles. The fraction of sp³-hybridized carbons (Fsp3) is 0.395. The molecule has 3 aromatic carbocycles. The summed E-state index contributed by atoms with van der Waals surface area (Å²) in [6.45, 7) is 8.95. The average molecular weight is 672 g/mol. The van der Waals surface area contributed by atoms with E-state index in [9.17, 15) is 14.4 Å². The van der Waals surface area contributed by atoms with E-state index in [1.54, 1.807) is 36.4 Å². The number of hydrogen-bond donors (Lipinski definition) is 2. The van der Waals surface area contributed by atoms with Gasteiger partial charge in [-0.15, -0.1) is 11.3 Å². The highest BCUT2D eigenvalue weighted by Crippen LogP contribution is 2.42. The lowest BCUT2D eigenvalue weighted by molar-refractivity contribution is 0.104. The number of amides is 2. The fourth-order valence-electron chi connectivity index (χ4n) is 5.59. The van der Waals surface area contributed by atoms with Crippen molar-refractivity contribution in [2.45, 2.75) is 58.8 Å². The molecule has 2 N–H and O–H groups in total. The molecule has 5 rings (SSSR count). The summed E-state index contributed by atoms with van der Waals surface area (Å²) in [7, 11) is 0. The molecule has 0 bridgehead atoms. The molecule has 2 amide bonds. The van der Waals surface area contributed by atoms with Crippen LogP contribution in [-0.2, 0) is 0 Å². The fourth-order valence-corrected chi connectivity index (χ4v) is 6.82. The SMILES string of the molecule is CCCCNC(=O)Oc1ccc(-c2sc3cc(OC(=O)NCCCC)ccc3c2C(=O)c2ccc(OCCN3CCCCC3)cc2)cc1. The topological polar surface area (TPSA) is 106 Å². The van der Waals surface area contributed by atoms with Crippen LogP contribution in [0.25, 0.3) is 20.5 Å². The zero-order valence-corrected chi connectivity index (χ0v) is 28.7. The molecule has 254 valence electrons. The normalized spacial score (nSPS) is 13.2. The van der Waals surface area contributed by atoms with Crippen molar-refractivity contribution in [2.24, 2.45) is 0 Å². The maximum Gasteiger partial charge on any atom is 0.412 e. The number of carbonyl (C=O) groups is 3. The van der Waals surface area contributed by atoms with E-state index in [4.69, 9.17) is 14.2 Å². The van der Waals surface area contributed by atoms with Gasteiger partial charge in [0, 0.05) is 45.7 Å². The number of fused-ring (bicyclic) bond motifs is 1. The number of carbonyl (C=O) groups excluding carboxylic acids is 3. The molecule has 0 unspecified atom stereocenters. The van der Waals surface area contributed by atoms with Crippen molar-refractivity contribution in [1.82, 2.24) is 15.5 Å². The van der Waals surface area contributed by atoms with Crippen molar-refractivity contribution < 1.29 is 28.6 Å². The van der Waals surface area contributed by atoms with Gasteiger partial charge >= 0.3 is 12.2 Å². The summed E-state index contributed by atoms with van der Waals surface area (Å²) in [4.78, 5) is 41.9. The molecule has 1 fully saturated rings. The van der Waals surface area contributed by atoms with Gasteiger partial charge in [-0.05, 0) is 111 Å². The van der Waals surface area contributed by atoms with Crippen molar-refractivity contribution in [3.05, 3.63) is 77.9 Å². The number of ether oxygens (including phenoxy) is 3. The molecule has 48 heavy (non-hydrogen) atoms. The average Bonchev–Trinajstić information content (AvgIpc) is 3.48. The third-order valence-electron chi connectivity index (χ3n) is 8.27. The molecule has 4 aromatic rings. The van der Waals surface area contributed by atoms with Gasteiger partial charge in [0.05, 0.1) is 0 Å². The standard InChI is InChI=1S/C38H45N3O6S/c1-3-5-20-39-37(43)46-30-16-12-28(13-17-30)36-34(32-19-18-31(26-33(32)48-36)47-38(44)40-21-6-4-2)35(42)27-10-14-29(15-11-27)45-25-24-41-22-8-7-9-23-41/h10-19,26H,3-9,20-25H2,1-2H3,(H,39,43)(H,40,44). The molecule has 10 heteroatoms. The summed E-state index contributed by atoms with van der Waals surface area (Å²) in [5.41, 5.74) is 1.90. The van der Waals surface area contributed by atoms with Crippen molar-refractivity contribution in [3.8, 4) is 27.7 Å². The van der Waals surface area contributed by atoms with Crippen LogP contribution in [0.3, 0.4) is 0 Å². The van der Waals surface area contributed by atoms with Crippen molar-refractivity contribution in [3.63, 3.8) is 0 Å². The van der Waals surface area contributed by atoms with E-state index in [0.29, 0.717) is 42.3 Å². The Morgan fingerprint density at radius 2 is 1.35 bits per heavy atom. The predicted octanol–water partition coefficient (Wildman–Crippen LogP) is 8.44. The Kier molecular flexibility index (Phi) is 12.8. The number of rotatable bonds is 15. The molecular weight excluding hydrogens is 627 g/mol. The molecule has 0 radical (unpaired) electrons. The van der Waals surface area contributed by atoms with Gasteiger partial charge in [0.2, 0.25) is 0 Å². The summed E-state index contributed by atoms with van der Waals surface area (Å²) in [6, 6.07) is 19.7. The Labute approximate surface area is 286 Å². The molecule has 2 heterocycles. The van der Waals surface area contributed by atoms with Gasteiger partial charge in [0.25, 0.3) is 0 Å². The van der Waals surface area contributed by atoms with Gasteiger partial charge in [-0.3, -0.25) is 9.69 Å². The van der Waals surface area contributed by atoms with Crippen LogP contribution in [0, 0.1) is 0 Å². The first-order valence-corrected chi connectivity index (χ1v) is 17.8. The van der Waals surface area contributed by atoms with Crippen LogP contribution in [0.2, 0.25) is 0 Å². The number of likely N-dealkylation sites (tertiary alicyclic amines) is 1. The number of nitrogens with one attached hydrogen (secondary N) is 2. The first-order chi connectivity index (χ1) is 23.4. The van der Waals surface area contributed by atoms with Gasteiger partial charge in [-0.2, -0.15) is 0 Å². The van der Waals surface area contributed by atoms with Crippen LogP contribution >= 0.6 is 11.3 Å². The highest BCUT2D eigenvalue weighted by Gasteiger charge is 2.23. The smallest absolute Gasteiger partial charge is 0.412 e. The number of piperidine rings is 1. The molecule has 1 aliphatic rings. The van der Waals surface area contributed by atoms with Crippen LogP contribution < -0.4 is 24.8 Å². The first kappa shape index (κ1) is 34.9. The van der Waals surface area contributed by atoms with Gasteiger partial charge in [0.15, 0.2) is 5.78 Å². The van der Waals surface area contributed by atoms with Crippen molar-refractivity contribution >= 4 is 39.4 Å². The Balaban J connectivity index is 1.37. The van der Waals surface area contributed by atoms with Crippen LogP contribution in [-0.4, -0.2) is 62.2 Å². The Bertz CT molecular complexity index is 1660. The summed E-state index contributed by atoms with van der Waals surface area (Å²) in [5.74, 6) is 1.40. The van der Waals surface area contributed by atoms with Crippen molar-refractivity contribution in [2.75, 3.05) is 39.3 Å². The van der Waals surface area contributed by atoms with E-state index < -0.39 is 12.2 Å². The molecule has 0 atom stereocenters. The van der Waals surface area contributed by atoms with E-state index in [0.717, 1.165) is 71.6 Å². The Morgan fingerprint density at radius 1 is 0.750 bits per heavy atom. The third-order valence-corrected chi connectivity index (χ3v) is 9.47. The molecule has 1 aromatic heterocycles. The molecular formula is C38H45N3O6S. The number of benzene rings is 3. The van der Waals surface area contributed by atoms with Gasteiger partial charge in [-0.1, -0.05) is 33.1 Å². The summed E-state index contributed by atoms with van der Waals surface area (Å²) in [5, 5.41) is 6.27. The summed E-state index contributed by atoms with van der Waals surface area (Å²) >= 11 is 1.44. The Hall–Kier alpha value is -4.41. The van der Waals surface area contributed by atoms with Crippen LogP contribution in [0.5, 0.6) is 17.2 Å². The second kappa shape index (κ2) is 17.7. The summed E-state index contributed by atoms with van der Waals surface area (Å²) in [6.07, 6.45) is 6.46. The van der Waals surface area contributed by atoms with Crippen molar-refractivity contribution in [1.29, 1.82) is 0 Å². The zero-order valence-electron chi connectivity index (χ0n) is 27.8. The quantitative estimate of drug-likeness (QED) is 0.0965. The minimum atomic E-state index is -0.511.